The van der Waals surface area contributed by atoms with Crippen molar-refractivity contribution in [3.8, 4) is 12.1 Å². The van der Waals surface area contributed by atoms with Crippen molar-refractivity contribution in [2.75, 3.05) is 0 Å². The van der Waals surface area contributed by atoms with Gasteiger partial charge >= 0.3 is 0 Å². The van der Waals surface area contributed by atoms with Gasteiger partial charge in [-0.1, -0.05) is 0 Å². The second-order valence-corrected chi connectivity index (χ2v) is 1.78. The van der Waals surface area contributed by atoms with Crippen LogP contribution >= 0.6 is 0 Å². The van der Waals surface area contributed by atoms with Crippen LogP contribution in [0.1, 0.15) is 5.76 Å². The molecule has 52 valence electrons. The van der Waals surface area contributed by atoms with Crippen LogP contribution in [0.25, 0.3) is 5.57 Å². The first-order chi connectivity index (χ1) is 5.38. The van der Waals surface area contributed by atoms with Crippen LogP contribution in [-0.4, -0.2) is 0 Å². The first-order valence-corrected chi connectivity index (χ1v) is 2.92. The first-order valence-electron chi connectivity index (χ1n) is 2.92. The predicted molar refractivity (Wildman–Crippen MR) is 37.9 cm³/mol. The summed E-state index contributed by atoms with van der Waals surface area (Å²) >= 11 is 0. The van der Waals surface area contributed by atoms with Gasteiger partial charge in [-0.3, -0.25) is 0 Å². The lowest BCUT2D eigenvalue weighted by Gasteiger charge is -1.85. The van der Waals surface area contributed by atoms with E-state index in [-0.39, 0.29) is 5.57 Å². The van der Waals surface area contributed by atoms with Gasteiger partial charge < -0.3 is 4.42 Å². The largest absolute Gasteiger partial charge is 0.464 e. The van der Waals surface area contributed by atoms with Gasteiger partial charge in [-0.25, -0.2) is 0 Å². The highest BCUT2D eigenvalue weighted by Gasteiger charge is 2.00. The summed E-state index contributed by atoms with van der Waals surface area (Å²) in [5, 5.41) is 16.7. The van der Waals surface area contributed by atoms with E-state index in [0.717, 1.165) is 6.08 Å². The lowest BCUT2D eigenvalue weighted by molar-refractivity contribution is 0.554. The smallest absolute Gasteiger partial charge is 0.145 e. The Kier molecular flexibility index (Phi) is 2.09. The van der Waals surface area contributed by atoms with E-state index in [1.807, 2.05) is 6.07 Å². The molecule has 0 bridgehead atoms. The third-order valence-corrected chi connectivity index (χ3v) is 1.12. The van der Waals surface area contributed by atoms with Gasteiger partial charge in [-0.05, 0) is 12.1 Å². The number of hydrogen-bond donors (Lipinski definition) is 0. The zero-order valence-electron chi connectivity index (χ0n) is 5.61. The van der Waals surface area contributed by atoms with E-state index in [2.05, 4.69) is 0 Å². The molecule has 3 heteroatoms. The molecule has 1 aromatic rings. The van der Waals surface area contributed by atoms with Gasteiger partial charge in [0.05, 0.1) is 12.3 Å². The second-order valence-electron chi connectivity index (χ2n) is 1.78. The Morgan fingerprint density at radius 2 is 2.36 bits per heavy atom. The minimum Gasteiger partial charge on any atom is -0.464 e. The van der Waals surface area contributed by atoms with Crippen LogP contribution in [0.3, 0.4) is 0 Å². The predicted octanol–water partition coefficient (Wildman–Crippen LogP) is 1.71. The number of nitriles is 2. The number of nitrogens with zero attached hydrogens (tertiary/aromatic N) is 2. The number of allylic oxidation sites excluding steroid dienone is 2. The second kappa shape index (κ2) is 3.24. The van der Waals surface area contributed by atoms with Gasteiger partial charge in [0.1, 0.15) is 17.4 Å². The third-order valence-electron chi connectivity index (χ3n) is 1.12. The molecule has 0 aliphatic heterocycles. The molecule has 0 saturated heterocycles. The zero-order chi connectivity index (χ0) is 8.10. The van der Waals surface area contributed by atoms with Crippen molar-refractivity contribution >= 4 is 5.57 Å². The average Bonchev–Trinajstić information content (AvgIpc) is 2.52. The van der Waals surface area contributed by atoms with E-state index in [9.17, 15) is 0 Å². The quantitative estimate of drug-likeness (QED) is 0.563. The van der Waals surface area contributed by atoms with Crippen molar-refractivity contribution in [1.29, 1.82) is 10.5 Å². The molecule has 1 heterocycles. The molecule has 0 aliphatic carbocycles. The summed E-state index contributed by atoms with van der Waals surface area (Å²) in [6.07, 6.45) is 2.61. The van der Waals surface area contributed by atoms with Crippen LogP contribution in [0.15, 0.2) is 28.9 Å². The maximum atomic E-state index is 8.50. The lowest BCUT2D eigenvalue weighted by Crippen LogP contribution is -1.73. The Morgan fingerprint density at radius 3 is 2.82 bits per heavy atom. The van der Waals surface area contributed by atoms with E-state index >= 15 is 0 Å². The SMILES string of the molecule is N#C/C=C(\C#N)c1ccco1. The topological polar surface area (TPSA) is 60.7 Å². The van der Waals surface area contributed by atoms with Crippen LogP contribution in [0.4, 0.5) is 0 Å². The fourth-order valence-electron chi connectivity index (χ4n) is 0.655. The van der Waals surface area contributed by atoms with E-state index in [4.69, 9.17) is 14.9 Å². The van der Waals surface area contributed by atoms with Crippen LogP contribution < -0.4 is 0 Å². The van der Waals surface area contributed by atoms with Crippen LogP contribution in [0.5, 0.6) is 0 Å². The highest BCUT2D eigenvalue weighted by atomic mass is 16.3. The lowest BCUT2D eigenvalue weighted by atomic mass is 10.2. The van der Waals surface area contributed by atoms with Gasteiger partial charge in [0.2, 0.25) is 0 Å². The monoisotopic (exact) mass is 144 g/mol. The van der Waals surface area contributed by atoms with E-state index in [1.165, 1.54) is 6.26 Å². The molecule has 1 rings (SSSR count). The summed E-state index contributed by atoms with van der Waals surface area (Å²) in [5.41, 5.74) is 0.248. The van der Waals surface area contributed by atoms with Gasteiger partial charge in [0, 0.05) is 6.08 Å². The maximum absolute atomic E-state index is 8.50. The molecule has 11 heavy (non-hydrogen) atoms. The molecule has 0 aromatic carbocycles. The molecule has 0 spiro atoms. The molecule has 0 fully saturated rings. The molecule has 3 nitrogen and oxygen atoms in total. The van der Waals surface area contributed by atoms with Crippen LogP contribution in [0.2, 0.25) is 0 Å². The van der Waals surface area contributed by atoms with Gasteiger partial charge in [-0.2, -0.15) is 10.5 Å². The summed E-state index contributed by atoms with van der Waals surface area (Å²) in [7, 11) is 0. The summed E-state index contributed by atoms with van der Waals surface area (Å²) < 4.78 is 4.90. The summed E-state index contributed by atoms with van der Waals surface area (Å²) in [6, 6.07) is 6.91. The number of rotatable bonds is 1. The molecular formula is C8H4N2O. The molecule has 0 N–H and O–H groups in total. The third kappa shape index (κ3) is 1.47. The Bertz CT molecular complexity index is 335. The Balaban J connectivity index is 3.03. The van der Waals surface area contributed by atoms with Crippen molar-refractivity contribution in [2.45, 2.75) is 0 Å². The molecular weight excluding hydrogens is 140 g/mol. The van der Waals surface area contributed by atoms with Gasteiger partial charge in [0.15, 0.2) is 0 Å². The average molecular weight is 144 g/mol. The zero-order valence-corrected chi connectivity index (χ0v) is 5.61. The summed E-state index contributed by atoms with van der Waals surface area (Å²) in [6.45, 7) is 0. The maximum Gasteiger partial charge on any atom is 0.145 e. The Labute approximate surface area is 63.8 Å². The minimum absolute atomic E-state index is 0.248. The molecule has 1 aromatic heterocycles. The van der Waals surface area contributed by atoms with Crippen molar-refractivity contribution in [1.82, 2.24) is 0 Å². The molecule has 0 radical (unpaired) electrons. The van der Waals surface area contributed by atoms with E-state index in [0.29, 0.717) is 5.76 Å². The normalized spacial score (nSPS) is 10.2. The van der Waals surface area contributed by atoms with Crippen molar-refractivity contribution < 1.29 is 4.42 Å². The van der Waals surface area contributed by atoms with Gasteiger partial charge in [0.25, 0.3) is 0 Å². The number of furan rings is 1. The Hall–Kier alpha value is -2.00. The van der Waals surface area contributed by atoms with Crippen molar-refractivity contribution in [3.63, 3.8) is 0 Å². The summed E-state index contributed by atoms with van der Waals surface area (Å²) in [5.74, 6) is 0.425. The van der Waals surface area contributed by atoms with Crippen LogP contribution in [0, 0.1) is 22.7 Å². The highest BCUT2D eigenvalue weighted by molar-refractivity contribution is 5.75. The van der Waals surface area contributed by atoms with Crippen molar-refractivity contribution in [3.05, 3.63) is 30.2 Å². The number of hydrogen-bond acceptors (Lipinski definition) is 3. The van der Waals surface area contributed by atoms with E-state index < -0.39 is 0 Å². The molecule has 0 atom stereocenters. The molecule has 0 amide bonds. The molecule has 0 unspecified atom stereocenters. The fraction of sp³-hybridized carbons (Fsp3) is 0. The molecule has 0 saturated carbocycles. The Morgan fingerprint density at radius 1 is 1.55 bits per heavy atom. The molecule has 0 aliphatic rings. The first kappa shape index (κ1) is 7.11. The van der Waals surface area contributed by atoms with Crippen molar-refractivity contribution in [2.24, 2.45) is 0 Å². The summed E-state index contributed by atoms with van der Waals surface area (Å²) in [4.78, 5) is 0. The van der Waals surface area contributed by atoms with Gasteiger partial charge in [-0.15, -0.1) is 0 Å². The highest BCUT2D eigenvalue weighted by Crippen LogP contribution is 2.12. The fourth-order valence-corrected chi connectivity index (χ4v) is 0.655. The van der Waals surface area contributed by atoms with Crippen LogP contribution in [-0.2, 0) is 0 Å². The minimum atomic E-state index is 0.248. The standard InChI is InChI=1S/C8H4N2O/c9-4-3-7(6-10)8-2-1-5-11-8/h1-3,5H/b7-3+. The van der Waals surface area contributed by atoms with E-state index in [1.54, 1.807) is 18.2 Å².